The van der Waals surface area contributed by atoms with Gasteiger partial charge in [-0.1, -0.05) is 26.0 Å². The average molecular weight is 501 g/mol. The lowest BCUT2D eigenvalue weighted by atomic mass is 10.0. The Morgan fingerprint density at radius 1 is 0.943 bits per heavy atom. The van der Waals surface area contributed by atoms with Crippen molar-refractivity contribution in [2.45, 2.75) is 43.7 Å². The molecule has 0 aromatic heterocycles. The van der Waals surface area contributed by atoms with Crippen LogP contribution in [-0.2, 0) is 4.74 Å². The number of hydrogen-bond acceptors (Lipinski definition) is 7. The zero-order valence-electron chi connectivity index (χ0n) is 21.8. The van der Waals surface area contributed by atoms with E-state index in [-0.39, 0.29) is 6.04 Å². The topological polar surface area (TPSA) is 43.4 Å². The molecule has 0 saturated carbocycles. The molecule has 35 heavy (non-hydrogen) atoms. The van der Waals surface area contributed by atoms with Gasteiger partial charge in [0.1, 0.15) is 0 Å². The van der Waals surface area contributed by atoms with Gasteiger partial charge in [0.2, 0.25) is 5.75 Å². The zero-order valence-corrected chi connectivity index (χ0v) is 22.6. The molecule has 192 valence electrons. The van der Waals surface area contributed by atoms with E-state index in [2.05, 4.69) is 60.0 Å². The molecule has 7 heteroatoms. The van der Waals surface area contributed by atoms with Crippen molar-refractivity contribution < 1.29 is 18.9 Å². The standard InChI is InChI=1S/C28H40N2O4S/c1-20(2)17-34-18-22(29-12-8-9-13-29)16-30-23-10-6-7-11-27(23)35-19-24(30)21-14-25(31-3)28(33-5)26(15-21)32-4/h6-7,10-11,14-15,20,22,24H,8-9,12-13,16-19H2,1-5H3. The molecule has 2 unspecified atom stereocenters. The van der Waals surface area contributed by atoms with Crippen molar-refractivity contribution in [3.63, 3.8) is 0 Å². The van der Waals surface area contributed by atoms with Gasteiger partial charge in [0.05, 0.1) is 45.7 Å². The van der Waals surface area contributed by atoms with Crippen molar-refractivity contribution in [3.05, 3.63) is 42.0 Å². The summed E-state index contributed by atoms with van der Waals surface area (Å²) in [5, 5.41) is 0. The summed E-state index contributed by atoms with van der Waals surface area (Å²) in [5.41, 5.74) is 2.46. The summed E-state index contributed by atoms with van der Waals surface area (Å²) in [4.78, 5) is 6.53. The van der Waals surface area contributed by atoms with E-state index in [4.69, 9.17) is 18.9 Å². The van der Waals surface area contributed by atoms with Crippen molar-refractivity contribution in [2.24, 2.45) is 5.92 Å². The molecular formula is C28H40N2O4S. The number of benzene rings is 2. The Morgan fingerprint density at radius 3 is 2.26 bits per heavy atom. The Morgan fingerprint density at radius 2 is 1.63 bits per heavy atom. The van der Waals surface area contributed by atoms with E-state index < -0.39 is 0 Å². The van der Waals surface area contributed by atoms with Crippen LogP contribution in [0.3, 0.4) is 0 Å². The van der Waals surface area contributed by atoms with Gasteiger partial charge in [-0.15, -0.1) is 11.8 Å². The molecule has 0 radical (unpaired) electrons. The van der Waals surface area contributed by atoms with Crippen molar-refractivity contribution in [1.29, 1.82) is 0 Å². The Labute approximate surface area is 214 Å². The Bertz CT molecular complexity index is 939. The van der Waals surface area contributed by atoms with Crippen LogP contribution >= 0.6 is 11.8 Å². The third-order valence-electron chi connectivity index (χ3n) is 6.85. The van der Waals surface area contributed by atoms with Gasteiger partial charge in [0, 0.05) is 23.8 Å². The van der Waals surface area contributed by atoms with Crippen molar-refractivity contribution in [3.8, 4) is 17.2 Å². The van der Waals surface area contributed by atoms with Crippen molar-refractivity contribution in [2.75, 3.05) is 64.8 Å². The minimum Gasteiger partial charge on any atom is -0.493 e. The Balaban J connectivity index is 1.69. The maximum absolute atomic E-state index is 6.21. The van der Waals surface area contributed by atoms with Crippen LogP contribution in [0.25, 0.3) is 0 Å². The SMILES string of the molecule is COc1cc(C2CSc3ccccc3N2CC(COCC(C)C)N2CCCC2)cc(OC)c1OC. The third-order valence-corrected chi connectivity index (χ3v) is 7.98. The first-order valence-electron chi connectivity index (χ1n) is 12.7. The van der Waals surface area contributed by atoms with E-state index in [0.717, 1.165) is 38.6 Å². The van der Waals surface area contributed by atoms with Gasteiger partial charge in [-0.25, -0.2) is 0 Å². The average Bonchev–Trinajstić information content (AvgIpc) is 3.42. The molecule has 0 N–H and O–H groups in total. The first-order valence-corrected chi connectivity index (χ1v) is 13.6. The molecule has 2 aromatic carbocycles. The molecule has 1 saturated heterocycles. The fourth-order valence-electron chi connectivity index (χ4n) is 5.09. The molecule has 4 rings (SSSR count). The first kappa shape index (κ1) is 26.0. The molecule has 2 aliphatic rings. The van der Waals surface area contributed by atoms with Gasteiger partial charge in [-0.2, -0.15) is 0 Å². The summed E-state index contributed by atoms with van der Waals surface area (Å²) < 4.78 is 23.2. The molecular weight excluding hydrogens is 460 g/mol. The predicted octanol–water partition coefficient (Wildman–Crippen LogP) is 5.50. The molecule has 2 aliphatic heterocycles. The van der Waals surface area contributed by atoms with Crippen LogP contribution in [0.1, 0.15) is 38.3 Å². The molecule has 0 amide bonds. The fraction of sp³-hybridized carbons (Fsp3) is 0.571. The van der Waals surface area contributed by atoms with Gasteiger partial charge >= 0.3 is 0 Å². The number of para-hydroxylation sites is 1. The highest BCUT2D eigenvalue weighted by Gasteiger charge is 2.33. The zero-order chi connectivity index (χ0) is 24.8. The number of ether oxygens (including phenoxy) is 4. The Kier molecular flexibility index (Phi) is 9.09. The normalized spacial score (nSPS) is 19.0. The maximum atomic E-state index is 6.21. The lowest BCUT2D eigenvalue weighted by Gasteiger charge is -2.42. The summed E-state index contributed by atoms with van der Waals surface area (Å²) in [6, 6.07) is 13.5. The summed E-state index contributed by atoms with van der Waals surface area (Å²) >= 11 is 1.91. The van der Waals surface area contributed by atoms with Crippen LogP contribution < -0.4 is 19.1 Å². The van der Waals surface area contributed by atoms with E-state index in [9.17, 15) is 0 Å². The van der Waals surface area contributed by atoms with Crippen LogP contribution in [0.15, 0.2) is 41.3 Å². The van der Waals surface area contributed by atoms with Gasteiger partial charge in [-0.05, 0) is 61.7 Å². The minimum absolute atomic E-state index is 0.179. The van der Waals surface area contributed by atoms with Gasteiger partial charge in [0.25, 0.3) is 0 Å². The number of methoxy groups -OCH3 is 3. The summed E-state index contributed by atoms with van der Waals surface area (Å²) in [6.07, 6.45) is 2.53. The van der Waals surface area contributed by atoms with E-state index in [1.54, 1.807) is 21.3 Å². The predicted molar refractivity (Wildman–Crippen MR) is 144 cm³/mol. The molecule has 1 fully saturated rings. The van der Waals surface area contributed by atoms with Crippen molar-refractivity contribution >= 4 is 17.4 Å². The van der Waals surface area contributed by atoms with E-state index in [0.29, 0.717) is 29.2 Å². The van der Waals surface area contributed by atoms with Crippen molar-refractivity contribution in [1.82, 2.24) is 4.90 Å². The number of nitrogens with zero attached hydrogens (tertiary/aromatic N) is 2. The molecule has 2 atom stereocenters. The third kappa shape index (κ3) is 6.01. The minimum atomic E-state index is 0.179. The van der Waals surface area contributed by atoms with Crippen LogP contribution in [0.4, 0.5) is 5.69 Å². The van der Waals surface area contributed by atoms with E-state index in [1.165, 1.54) is 29.0 Å². The molecule has 0 spiro atoms. The van der Waals surface area contributed by atoms with Crippen LogP contribution in [0.5, 0.6) is 17.2 Å². The molecule has 2 aromatic rings. The smallest absolute Gasteiger partial charge is 0.203 e. The lowest BCUT2D eigenvalue weighted by Crippen LogP contribution is -2.48. The molecule has 2 heterocycles. The quantitative estimate of drug-likeness (QED) is 0.403. The van der Waals surface area contributed by atoms with Gasteiger partial charge < -0.3 is 23.8 Å². The fourth-order valence-corrected chi connectivity index (χ4v) is 6.30. The highest BCUT2D eigenvalue weighted by atomic mass is 32.2. The number of anilines is 1. The highest BCUT2D eigenvalue weighted by molar-refractivity contribution is 7.99. The van der Waals surface area contributed by atoms with Crippen LogP contribution in [-0.4, -0.2) is 70.9 Å². The second-order valence-electron chi connectivity index (χ2n) is 9.73. The summed E-state index contributed by atoms with van der Waals surface area (Å²) in [7, 11) is 5.01. The van der Waals surface area contributed by atoms with Crippen LogP contribution in [0.2, 0.25) is 0 Å². The molecule has 0 aliphatic carbocycles. The second-order valence-corrected chi connectivity index (χ2v) is 10.8. The van der Waals surface area contributed by atoms with E-state index in [1.807, 2.05) is 11.8 Å². The summed E-state index contributed by atoms with van der Waals surface area (Å²) in [5.74, 6) is 3.51. The largest absolute Gasteiger partial charge is 0.493 e. The first-order chi connectivity index (χ1) is 17.0. The maximum Gasteiger partial charge on any atom is 0.203 e. The highest BCUT2D eigenvalue weighted by Crippen LogP contribution is 2.47. The lowest BCUT2D eigenvalue weighted by molar-refractivity contribution is 0.0563. The monoisotopic (exact) mass is 500 g/mol. The number of hydrogen-bond donors (Lipinski definition) is 0. The number of fused-ring (bicyclic) bond motifs is 1. The molecule has 6 nitrogen and oxygen atoms in total. The number of thioether (sulfide) groups is 1. The second kappa shape index (κ2) is 12.2. The number of likely N-dealkylation sites (tertiary alicyclic amines) is 1. The Hall–Kier alpha value is -2.09. The molecule has 0 bridgehead atoms. The summed E-state index contributed by atoms with van der Waals surface area (Å²) in [6.45, 7) is 9.19. The van der Waals surface area contributed by atoms with Gasteiger partial charge in [0.15, 0.2) is 11.5 Å². The number of rotatable bonds is 11. The van der Waals surface area contributed by atoms with Crippen LogP contribution in [0, 0.1) is 5.92 Å². The van der Waals surface area contributed by atoms with E-state index >= 15 is 0 Å². The van der Waals surface area contributed by atoms with Gasteiger partial charge in [-0.3, -0.25) is 4.90 Å².